The Morgan fingerprint density at radius 2 is 2.10 bits per heavy atom. The van der Waals surface area contributed by atoms with Gasteiger partial charge in [-0.3, -0.25) is 4.79 Å². The molecule has 0 radical (unpaired) electrons. The number of nitrogens with zero attached hydrogens (tertiary/aromatic N) is 2. The van der Waals surface area contributed by atoms with E-state index >= 15 is 0 Å². The molecule has 1 rings (SSSR count). The second-order valence-corrected chi connectivity index (χ2v) is 6.63. The van der Waals surface area contributed by atoms with Crippen molar-refractivity contribution in [2.45, 2.75) is 64.1 Å². The summed E-state index contributed by atoms with van der Waals surface area (Å²) in [6.07, 6.45) is 4.01. The van der Waals surface area contributed by atoms with E-state index in [4.69, 9.17) is 5.11 Å². The van der Waals surface area contributed by atoms with E-state index in [0.717, 1.165) is 12.8 Å². The summed E-state index contributed by atoms with van der Waals surface area (Å²) in [5, 5.41) is 8.97. The smallest absolute Gasteiger partial charge is 0.321 e. The lowest BCUT2D eigenvalue weighted by Gasteiger charge is -2.13. The summed E-state index contributed by atoms with van der Waals surface area (Å²) >= 11 is 0. The van der Waals surface area contributed by atoms with Gasteiger partial charge in [-0.2, -0.15) is 4.72 Å². The SMILES string of the molecule is CCCCC(NS(=O)(=O)c1cn(CCC)c(C)n1)C(=O)O. The number of hydrogen-bond donors (Lipinski definition) is 2. The molecule has 0 fully saturated rings. The average Bonchev–Trinajstić information content (AvgIpc) is 2.77. The van der Waals surface area contributed by atoms with Crippen molar-refractivity contribution >= 4 is 16.0 Å². The Balaban J connectivity index is 2.93. The molecule has 1 unspecified atom stereocenters. The quantitative estimate of drug-likeness (QED) is 0.719. The summed E-state index contributed by atoms with van der Waals surface area (Å²) in [7, 11) is -3.92. The van der Waals surface area contributed by atoms with Crippen LogP contribution in [0.15, 0.2) is 11.2 Å². The number of carboxylic acids is 1. The lowest BCUT2D eigenvalue weighted by atomic mass is 10.1. The van der Waals surface area contributed by atoms with Crippen molar-refractivity contribution in [3.05, 3.63) is 12.0 Å². The van der Waals surface area contributed by atoms with Gasteiger partial charge in [0.05, 0.1) is 0 Å². The van der Waals surface area contributed by atoms with E-state index in [1.165, 1.54) is 6.20 Å². The van der Waals surface area contributed by atoms with Crippen LogP contribution in [-0.4, -0.2) is 35.1 Å². The van der Waals surface area contributed by atoms with Crippen LogP contribution in [0.25, 0.3) is 0 Å². The topological polar surface area (TPSA) is 101 Å². The Hall–Kier alpha value is -1.41. The molecule has 7 nitrogen and oxygen atoms in total. The number of unbranched alkanes of at least 4 members (excludes halogenated alkanes) is 1. The minimum atomic E-state index is -3.92. The highest BCUT2D eigenvalue weighted by molar-refractivity contribution is 7.89. The molecule has 120 valence electrons. The van der Waals surface area contributed by atoms with Gasteiger partial charge in [-0.15, -0.1) is 0 Å². The van der Waals surface area contributed by atoms with Gasteiger partial charge in [-0.05, 0) is 19.8 Å². The van der Waals surface area contributed by atoms with Crippen LogP contribution in [0.1, 0.15) is 45.4 Å². The zero-order chi connectivity index (χ0) is 16.0. The molecule has 8 heteroatoms. The number of imidazole rings is 1. The summed E-state index contributed by atoms with van der Waals surface area (Å²) in [6, 6.07) is -1.12. The van der Waals surface area contributed by atoms with Crippen LogP contribution < -0.4 is 4.72 Å². The first-order valence-electron chi connectivity index (χ1n) is 7.10. The van der Waals surface area contributed by atoms with Crippen molar-refractivity contribution in [2.75, 3.05) is 0 Å². The van der Waals surface area contributed by atoms with Crippen LogP contribution >= 0.6 is 0 Å². The Kier molecular flexibility index (Phi) is 6.35. The number of nitrogens with one attached hydrogen (secondary N) is 1. The summed E-state index contributed by atoms with van der Waals surface area (Å²) in [6.45, 7) is 6.30. The molecule has 0 spiro atoms. The third-order valence-electron chi connectivity index (χ3n) is 3.14. The Morgan fingerprint density at radius 3 is 2.62 bits per heavy atom. The zero-order valence-electron chi connectivity index (χ0n) is 12.7. The first kappa shape index (κ1) is 17.6. The lowest BCUT2D eigenvalue weighted by molar-refractivity contribution is -0.139. The van der Waals surface area contributed by atoms with E-state index < -0.39 is 22.0 Å². The molecular formula is C13H23N3O4S. The number of aliphatic carboxylic acids is 1. The van der Waals surface area contributed by atoms with Gasteiger partial charge in [0.25, 0.3) is 10.0 Å². The van der Waals surface area contributed by atoms with E-state index in [9.17, 15) is 13.2 Å². The number of rotatable bonds is 9. The molecule has 1 heterocycles. The summed E-state index contributed by atoms with van der Waals surface area (Å²) in [5.74, 6) is -0.575. The van der Waals surface area contributed by atoms with Crippen LogP contribution in [-0.2, 0) is 21.4 Å². The minimum absolute atomic E-state index is 0.129. The Morgan fingerprint density at radius 1 is 1.43 bits per heavy atom. The Labute approximate surface area is 125 Å². The second-order valence-electron chi connectivity index (χ2n) is 4.97. The highest BCUT2D eigenvalue weighted by Gasteiger charge is 2.27. The fourth-order valence-corrected chi connectivity index (χ4v) is 3.20. The van der Waals surface area contributed by atoms with Crippen molar-refractivity contribution in [3.63, 3.8) is 0 Å². The van der Waals surface area contributed by atoms with E-state index in [-0.39, 0.29) is 11.4 Å². The molecule has 0 amide bonds. The summed E-state index contributed by atoms with van der Waals surface area (Å²) in [4.78, 5) is 15.1. The molecule has 0 aliphatic heterocycles. The van der Waals surface area contributed by atoms with Gasteiger partial charge in [0, 0.05) is 12.7 Å². The van der Waals surface area contributed by atoms with Crippen molar-refractivity contribution < 1.29 is 18.3 Å². The second kappa shape index (κ2) is 7.56. The van der Waals surface area contributed by atoms with Gasteiger partial charge >= 0.3 is 5.97 Å². The van der Waals surface area contributed by atoms with Gasteiger partial charge in [-0.25, -0.2) is 13.4 Å². The van der Waals surface area contributed by atoms with Gasteiger partial charge in [-0.1, -0.05) is 26.7 Å². The van der Waals surface area contributed by atoms with Crippen molar-refractivity contribution in [2.24, 2.45) is 0 Å². The number of hydrogen-bond acceptors (Lipinski definition) is 4. The molecule has 1 aromatic heterocycles. The first-order chi connectivity index (χ1) is 9.81. The first-order valence-corrected chi connectivity index (χ1v) is 8.59. The lowest BCUT2D eigenvalue weighted by Crippen LogP contribution is -2.40. The predicted octanol–water partition coefficient (Wildman–Crippen LogP) is 1.52. The van der Waals surface area contributed by atoms with E-state index in [2.05, 4.69) is 9.71 Å². The van der Waals surface area contributed by atoms with Gasteiger partial charge in [0.2, 0.25) is 0 Å². The number of carbonyl (C=O) groups is 1. The van der Waals surface area contributed by atoms with E-state index in [0.29, 0.717) is 18.8 Å². The van der Waals surface area contributed by atoms with Gasteiger partial charge < -0.3 is 9.67 Å². The van der Waals surface area contributed by atoms with Crippen LogP contribution in [0.3, 0.4) is 0 Å². The highest BCUT2D eigenvalue weighted by Crippen LogP contribution is 2.12. The predicted molar refractivity (Wildman–Crippen MR) is 78.5 cm³/mol. The molecule has 0 aliphatic rings. The normalized spacial score (nSPS) is 13.3. The summed E-state index contributed by atoms with van der Waals surface area (Å²) < 4.78 is 28.4. The highest BCUT2D eigenvalue weighted by atomic mass is 32.2. The molecule has 0 bridgehead atoms. The average molecular weight is 317 g/mol. The van der Waals surface area contributed by atoms with Gasteiger partial charge in [0.15, 0.2) is 5.03 Å². The fourth-order valence-electron chi connectivity index (χ4n) is 1.96. The largest absolute Gasteiger partial charge is 0.480 e. The number of aromatic nitrogens is 2. The molecule has 0 saturated carbocycles. The maximum Gasteiger partial charge on any atom is 0.321 e. The standard InChI is InChI=1S/C13H23N3O4S/c1-4-6-7-11(13(17)18)15-21(19,20)12-9-16(8-5-2)10(3)14-12/h9,11,15H,4-8H2,1-3H3,(H,17,18). The van der Waals surface area contributed by atoms with Crippen LogP contribution in [0.2, 0.25) is 0 Å². The minimum Gasteiger partial charge on any atom is -0.480 e. The molecule has 0 aliphatic carbocycles. The monoisotopic (exact) mass is 317 g/mol. The van der Waals surface area contributed by atoms with Crippen LogP contribution in [0.5, 0.6) is 0 Å². The fraction of sp³-hybridized carbons (Fsp3) is 0.692. The van der Waals surface area contributed by atoms with Crippen LogP contribution in [0.4, 0.5) is 0 Å². The third-order valence-corrected chi connectivity index (χ3v) is 4.48. The molecule has 1 atom stereocenters. The maximum atomic E-state index is 12.2. The molecule has 21 heavy (non-hydrogen) atoms. The molecule has 0 saturated heterocycles. The van der Waals surface area contributed by atoms with Crippen molar-refractivity contribution in [1.29, 1.82) is 0 Å². The van der Waals surface area contributed by atoms with Crippen LogP contribution in [0, 0.1) is 6.92 Å². The summed E-state index contributed by atoms with van der Waals surface area (Å²) in [5.41, 5.74) is 0. The number of carboxylic acid groups (broad SMARTS) is 1. The van der Waals surface area contributed by atoms with Crippen molar-refractivity contribution in [1.82, 2.24) is 14.3 Å². The molecule has 2 N–H and O–H groups in total. The Bertz CT molecular complexity index is 580. The maximum absolute atomic E-state index is 12.2. The van der Waals surface area contributed by atoms with Gasteiger partial charge in [0.1, 0.15) is 11.9 Å². The number of sulfonamides is 1. The molecule has 1 aromatic rings. The van der Waals surface area contributed by atoms with E-state index in [1.807, 2.05) is 13.8 Å². The zero-order valence-corrected chi connectivity index (χ0v) is 13.5. The van der Waals surface area contributed by atoms with E-state index in [1.54, 1.807) is 11.5 Å². The molecular weight excluding hydrogens is 294 g/mol. The van der Waals surface area contributed by atoms with Crippen molar-refractivity contribution in [3.8, 4) is 0 Å². The molecule has 0 aromatic carbocycles. The third kappa shape index (κ3) is 4.82. The number of aryl methyl sites for hydroxylation is 2.